The number of hydrogen-bond donors (Lipinski definition) is 2. The van der Waals surface area contributed by atoms with Gasteiger partial charge in [-0.2, -0.15) is 0 Å². The van der Waals surface area contributed by atoms with Crippen molar-refractivity contribution in [2.45, 2.75) is 24.3 Å². The van der Waals surface area contributed by atoms with Gasteiger partial charge in [-0.05, 0) is 60.5 Å². The molecule has 3 aromatic rings. The second-order valence-corrected chi connectivity index (χ2v) is 9.12. The van der Waals surface area contributed by atoms with Gasteiger partial charge in [-0.15, -0.1) is 0 Å². The third-order valence-corrected chi connectivity index (χ3v) is 6.49. The second-order valence-electron chi connectivity index (χ2n) is 7.44. The molecule has 1 saturated heterocycles. The van der Waals surface area contributed by atoms with Crippen LogP contribution in [0.15, 0.2) is 78.0 Å². The van der Waals surface area contributed by atoms with Crippen molar-refractivity contribution in [1.29, 1.82) is 0 Å². The summed E-state index contributed by atoms with van der Waals surface area (Å²) in [6, 6.07) is 16.2. The highest BCUT2D eigenvalue weighted by atomic mass is 32.2. The molecule has 2 heterocycles. The second kappa shape index (κ2) is 9.19. The van der Waals surface area contributed by atoms with Crippen LogP contribution in [0.5, 0.6) is 0 Å². The van der Waals surface area contributed by atoms with Crippen molar-refractivity contribution in [3.8, 4) is 0 Å². The van der Waals surface area contributed by atoms with E-state index in [2.05, 4.69) is 15.0 Å². The predicted octanol–water partition coefficient (Wildman–Crippen LogP) is 3.26. The lowest BCUT2D eigenvalue weighted by Crippen LogP contribution is -2.23. The fourth-order valence-electron chi connectivity index (χ4n) is 3.41. The van der Waals surface area contributed by atoms with Gasteiger partial charge >= 0.3 is 0 Å². The van der Waals surface area contributed by atoms with Crippen LogP contribution < -0.4 is 10.0 Å². The summed E-state index contributed by atoms with van der Waals surface area (Å²) < 4.78 is 27.4. The van der Waals surface area contributed by atoms with Crippen molar-refractivity contribution in [2.24, 2.45) is 0 Å². The first kappa shape index (κ1) is 21.5. The average molecular weight is 451 g/mol. The number of benzene rings is 2. The predicted molar refractivity (Wildman–Crippen MR) is 121 cm³/mol. The van der Waals surface area contributed by atoms with Crippen LogP contribution in [-0.4, -0.2) is 36.7 Å². The van der Waals surface area contributed by atoms with E-state index in [0.717, 1.165) is 18.5 Å². The third kappa shape index (κ3) is 5.12. The Morgan fingerprint density at radius 1 is 1.00 bits per heavy atom. The maximum Gasteiger partial charge on any atom is 0.261 e. The molecule has 4 rings (SSSR count). The zero-order valence-corrected chi connectivity index (χ0v) is 18.0. The lowest BCUT2D eigenvalue weighted by atomic mass is 10.1. The van der Waals surface area contributed by atoms with Gasteiger partial charge in [0.1, 0.15) is 0 Å². The fraction of sp³-hybridized carbons (Fsp3) is 0.174. The van der Waals surface area contributed by atoms with Gasteiger partial charge in [0, 0.05) is 37.0 Å². The van der Waals surface area contributed by atoms with Gasteiger partial charge < -0.3 is 10.2 Å². The van der Waals surface area contributed by atoms with Gasteiger partial charge in [-0.25, -0.2) is 8.42 Å². The van der Waals surface area contributed by atoms with Crippen molar-refractivity contribution in [3.05, 3.63) is 84.2 Å². The maximum atomic E-state index is 12.5. The number of pyridine rings is 1. The van der Waals surface area contributed by atoms with E-state index in [0.29, 0.717) is 29.9 Å². The molecular formula is C23H22N4O4S. The van der Waals surface area contributed by atoms with Crippen molar-refractivity contribution >= 4 is 33.2 Å². The summed E-state index contributed by atoms with van der Waals surface area (Å²) in [5.41, 5.74) is 2.27. The van der Waals surface area contributed by atoms with Crippen molar-refractivity contribution in [3.63, 3.8) is 0 Å². The van der Waals surface area contributed by atoms with Gasteiger partial charge in [0.25, 0.3) is 15.9 Å². The molecule has 1 aliphatic heterocycles. The lowest BCUT2D eigenvalue weighted by molar-refractivity contribution is -0.128. The summed E-state index contributed by atoms with van der Waals surface area (Å²) in [5, 5.41) is 2.76. The van der Waals surface area contributed by atoms with E-state index in [1.54, 1.807) is 30.5 Å². The Kier molecular flexibility index (Phi) is 6.18. The Balaban J connectivity index is 1.37. The standard InChI is InChI=1S/C23H22N4O4S/c28-22-4-2-14-27(22)16-17-5-7-18(8-6-17)23(29)25-19-9-11-21(12-10-19)32(30,31)26-20-3-1-13-24-15-20/h1,3,5-13,15,26H,2,4,14,16H2,(H,25,29). The van der Waals surface area contributed by atoms with Gasteiger partial charge in [-0.3, -0.25) is 19.3 Å². The molecule has 0 radical (unpaired) electrons. The van der Waals surface area contributed by atoms with Crippen molar-refractivity contribution < 1.29 is 18.0 Å². The summed E-state index contributed by atoms with van der Waals surface area (Å²) in [6.07, 6.45) is 4.46. The number of aromatic nitrogens is 1. The van der Waals surface area contributed by atoms with Gasteiger partial charge in [0.15, 0.2) is 0 Å². The summed E-state index contributed by atoms with van der Waals surface area (Å²) in [4.78, 5) is 30.0. The van der Waals surface area contributed by atoms with Crippen LogP contribution in [0.4, 0.5) is 11.4 Å². The molecule has 2 aromatic carbocycles. The van der Waals surface area contributed by atoms with E-state index in [4.69, 9.17) is 0 Å². The van der Waals surface area contributed by atoms with Crippen LogP contribution in [0.25, 0.3) is 0 Å². The van der Waals surface area contributed by atoms with Crippen molar-refractivity contribution in [1.82, 2.24) is 9.88 Å². The van der Waals surface area contributed by atoms with Crippen LogP contribution in [0, 0.1) is 0 Å². The number of anilines is 2. The van der Waals surface area contributed by atoms with Crippen LogP contribution >= 0.6 is 0 Å². The van der Waals surface area contributed by atoms with E-state index >= 15 is 0 Å². The molecule has 2 N–H and O–H groups in total. The topological polar surface area (TPSA) is 108 Å². The number of carbonyl (C=O) groups is 2. The van der Waals surface area contributed by atoms with Crippen LogP contribution in [-0.2, 0) is 21.4 Å². The van der Waals surface area contributed by atoms with Gasteiger partial charge in [0.2, 0.25) is 5.91 Å². The van der Waals surface area contributed by atoms with Crippen LogP contribution in [0.3, 0.4) is 0 Å². The molecule has 0 saturated carbocycles. The van der Waals surface area contributed by atoms with E-state index in [1.807, 2.05) is 17.0 Å². The average Bonchev–Trinajstić information content (AvgIpc) is 3.19. The van der Waals surface area contributed by atoms with E-state index in [-0.39, 0.29) is 16.7 Å². The smallest absolute Gasteiger partial charge is 0.261 e. The number of nitrogens with zero attached hydrogens (tertiary/aromatic N) is 2. The largest absolute Gasteiger partial charge is 0.338 e. The molecule has 0 bridgehead atoms. The number of rotatable bonds is 7. The van der Waals surface area contributed by atoms with Crippen LogP contribution in [0.2, 0.25) is 0 Å². The number of carbonyl (C=O) groups excluding carboxylic acids is 2. The molecule has 1 aromatic heterocycles. The van der Waals surface area contributed by atoms with E-state index in [9.17, 15) is 18.0 Å². The first-order chi connectivity index (χ1) is 15.4. The maximum absolute atomic E-state index is 12.5. The number of hydrogen-bond acceptors (Lipinski definition) is 5. The minimum absolute atomic E-state index is 0.0696. The van der Waals surface area contributed by atoms with E-state index < -0.39 is 10.0 Å². The Morgan fingerprint density at radius 2 is 1.75 bits per heavy atom. The molecule has 32 heavy (non-hydrogen) atoms. The fourth-order valence-corrected chi connectivity index (χ4v) is 4.45. The Labute approximate surface area is 186 Å². The molecule has 0 spiro atoms. The van der Waals surface area contributed by atoms with Crippen LogP contribution in [0.1, 0.15) is 28.8 Å². The molecule has 2 amide bonds. The quantitative estimate of drug-likeness (QED) is 0.574. The van der Waals surface area contributed by atoms with Gasteiger partial charge in [-0.1, -0.05) is 12.1 Å². The first-order valence-corrected chi connectivity index (χ1v) is 11.6. The molecular weight excluding hydrogens is 428 g/mol. The normalized spacial score (nSPS) is 13.8. The minimum Gasteiger partial charge on any atom is -0.338 e. The molecule has 0 aliphatic carbocycles. The number of sulfonamides is 1. The summed E-state index contributed by atoms with van der Waals surface area (Å²) in [5.74, 6) is -0.147. The zero-order chi connectivity index (χ0) is 22.6. The molecule has 9 heteroatoms. The summed E-state index contributed by atoms with van der Waals surface area (Å²) in [7, 11) is -3.76. The highest BCUT2D eigenvalue weighted by Crippen LogP contribution is 2.19. The number of amides is 2. The molecule has 0 unspecified atom stereocenters. The van der Waals surface area contributed by atoms with Crippen molar-refractivity contribution in [2.75, 3.05) is 16.6 Å². The monoisotopic (exact) mass is 450 g/mol. The highest BCUT2D eigenvalue weighted by molar-refractivity contribution is 7.92. The summed E-state index contributed by atoms with van der Waals surface area (Å²) in [6.45, 7) is 1.31. The Hall–Kier alpha value is -3.72. The zero-order valence-electron chi connectivity index (χ0n) is 17.2. The SMILES string of the molecule is O=C(Nc1ccc(S(=O)(=O)Nc2cccnc2)cc1)c1ccc(CN2CCCC2=O)cc1. The molecule has 164 valence electrons. The lowest BCUT2D eigenvalue weighted by Gasteiger charge is -2.15. The number of nitrogens with one attached hydrogen (secondary N) is 2. The molecule has 8 nitrogen and oxygen atoms in total. The number of likely N-dealkylation sites (tertiary alicyclic amines) is 1. The molecule has 0 atom stereocenters. The highest BCUT2D eigenvalue weighted by Gasteiger charge is 2.20. The Morgan fingerprint density at radius 3 is 2.38 bits per heavy atom. The minimum atomic E-state index is -3.76. The molecule has 1 aliphatic rings. The molecule has 1 fully saturated rings. The van der Waals surface area contributed by atoms with Gasteiger partial charge in [0.05, 0.1) is 16.8 Å². The van der Waals surface area contributed by atoms with E-state index in [1.165, 1.54) is 30.5 Å². The first-order valence-electron chi connectivity index (χ1n) is 10.1. The third-order valence-electron chi connectivity index (χ3n) is 5.10. The summed E-state index contributed by atoms with van der Waals surface area (Å²) >= 11 is 0. The Bertz CT molecular complexity index is 1210.